The quantitative estimate of drug-likeness (QED) is 0.251. The van der Waals surface area contributed by atoms with Crippen molar-refractivity contribution in [2.75, 3.05) is 0 Å². The summed E-state index contributed by atoms with van der Waals surface area (Å²) in [5.41, 5.74) is 0.623. The van der Waals surface area contributed by atoms with Crippen LogP contribution in [0.4, 0.5) is 0 Å². The van der Waals surface area contributed by atoms with E-state index in [1.54, 1.807) is 0 Å². The molecule has 0 saturated carbocycles. The van der Waals surface area contributed by atoms with Crippen molar-refractivity contribution < 1.29 is 0 Å². The summed E-state index contributed by atoms with van der Waals surface area (Å²) in [7, 11) is 0. The zero-order valence-electron chi connectivity index (χ0n) is 15.8. The minimum absolute atomic E-state index is 0.623. The molecule has 0 aliphatic rings. The molecule has 128 valence electrons. The number of unbranched alkanes of at least 4 members (excludes halogenated alkanes) is 12. The fourth-order valence-corrected chi connectivity index (χ4v) is 3.17. The van der Waals surface area contributed by atoms with Gasteiger partial charge in [-0.25, -0.2) is 0 Å². The Kier molecular flexibility index (Phi) is 14.9. The smallest absolute Gasteiger partial charge is 0.0331 e. The molecule has 0 heteroatoms. The molecular weight excluding hydrogens is 252 g/mol. The molecular formula is C21H44. The largest absolute Gasteiger partial charge is 0.0654 e. The van der Waals surface area contributed by atoms with Gasteiger partial charge in [0.05, 0.1) is 0 Å². The molecule has 0 atom stereocenters. The molecule has 21 heavy (non-hydrogen) atoms. The lowest BCUT2D eigenvalue weighted by Crippen LogP contribution is -2.13. The van der Waals surface area contributed by atoms with Gasteiger partial charge in [-0.1, -0.05) is 124 Å². The van der Waals surface area contributed by atoms with Gasteiger partial charge < -0.3 is 0 Å². The van der Waals surface area contributed by atoms with Crippen LogP contribution in [0.2, 0.25) is 0 Å². The first-order valence-electron chi connectivity index (χ1n) is 10.2. The number of rotatable bonds is 16. The van der Waals surface area contributed by atoms with E-state index in [2.05, 4.69) is 27.7 Å². The lowest BCUT2D eigenvalue weighted by molar-refractivity contribution is 0.261. The van der Waals surface area contributed by atoms with E-state index in [1.807, 2.05) is 0 Å². The SMILES string of the molecule is CCCCCCCCCCCCCCCC(C)(CC)CC. The van der Waals surface area contributed by atoms with E-state index >= 15 is 0 Å². The van der Waals surface area contributed by atoms with Gasteiger partial charge in [-0.15, -0.1) is 0 Å². The predicted molar refractivity (Wildman–Crippen MR) is 99.0 cm³/mol. The zero-order valence-corrected chi connectivity index (χ0v) is 15.8. The van der Waals surface area contributed by atoms with Crippen molar-refractivity contribution in [3.63, 3.8) is 0 Å². The predicted octanol–water partition coefficient (Wildman–Crippen LogP) is 8.29. The van der Waals surface area contributed by atoms with Gasteiger partial charge in [0.2, 0.25) is 0 Å². The first-order valence-corrected chi connectivity index (χ1v) is 10.2. The van der Waals surface area contributed by atoms with Crippen LogP contribution in [0, 0.1) is 5.41 Å². The monoisotopic (exact) mass is 296 g/mol. The van der Waals surface area contributed by atoms with Crippen molar-refractivity contribution in [1.82, 2.24) is 0 Å². The minimum Gasteiger partial charge on any atom is -0.0654 e. The molecule has 0 aromatic heterocycles. The van der Waals surface area contributed by atoms with E-state index in [9.17, 15) is 0 Å². The summed E-state index contributed by atoms with van der Waals surface area (Å²) in [5.74, 6) is 0. The van der Waals surface area contributed by atoms with E-state index in [4.69, 9.17) is 0 Å². The van der Waals surface area contributed by atoms with Gasteiger partial charge in [-0.2, -0.15) is 0 Å². The summed E-state index contributed by atoms with van der Waals surface area (Å²) >= 11 is 0. The van der Waals surface area contributed by atoms with Crippen LogP contribution in [0.25, 0.3) is 0 Å². The van der Waals surface area contributed by atoms with E-state index in [0.717, 1.165) is 0 Å². The van der Waals surface area contributed by atoms with Gasteiger partial charge in [-0.05, 0) is 11.8 Å². The molecule has 0 spiro atoms. The lowest BCUT2D eigenvalue weighted by Gasteiger charge is -2.26. The molecule has 0 radical (unpaired) electrons. The van der Waals surface area contributed by atoms with Gasteiger partial charge in [0, 0.05) is 0 Å². The van der Waals surface area contributed by atoms with Crippen LogP contribution in [0.1, 0.15) is 130 Å². The van der Waals surface area contributed by atoms with Gasteiger partial charge in [0.1, 0.15) is 0 Å². The zero-order chi connectivity index (χ0) is 15.8. The highest BCUT2D eigenvalue weighted by atomic mass is 14.2. The second kappa shape index (κ2) is 14.9. The van der Waals surface area contributed by atoms with Crippen LogP contribution in [-0.2, 0) is 0 Å². The Balaban J connectivity index is 3.16. The Labute approximate surface area is 136 Å². The molecule has 0 saturated heterocycles. The molecule has 0 aliphatic heterocycles. The third-order valence-corrected chi connectivity index (χ3v) is 5.59. The Morgan fingerprint density at radius 2 is 0.810 bits per heavy atom. The first kappa shape index (κ1) is 21.0. The topological polar surface area (TPSA) is 0 Å². The first-order chi connectivity index (χ1) is 10.2. The fourth-order valence-electron chi connectivity index (χ4n) is 3.17. The van der Waals surface area contributed by atoms with E-state index in [-0.39, 0.29) is 0 Å². The molecule has 0 N–H and O–H groups in total. The molecule has 0 fully saturated rings. The summed E-state index contributed by atoms with van der Waals surface area (Å²) in [5, 5.41) is 0. The van der Waals surface area contributed by atoms with Gasteiger partial charge in [0.25, 0.3) is 0 Å². The summed E-state index contributed by atoms with van der Waals surface area (Å²) < 4.78 is 0. The molecule has 0 aromatic rings. The number of hydrogen-bond acceptors (Lipinski definition) is 0. The summed E-state index contributed by atoms with van der Waals surface area (Å²) in [6.07, 6.45) is 23.2. The molecule has 0 bridgehead atoms. The second-order valence-electron chi connectivity index (χ2n) is 7.51. The lowest BCUT2D eigenvalue weighted by atomic mass is 9.80. The Morgan fingerprint density at radius 3 is 1.14 bits per heavy atom. The number of hydrogen-bond donors (Lipinski definition) is 0. The standard InChI is InChI=1S/C21H44/c1-5-8-9-10-11-12-13-14-15-16-17-18-19-20-21(4,6-2)7-3/h5-20H2,1-4H3. The van der Waals surface area contributed by atoms with E-state index < -0.39 is 0 Å². The molecule has 0 nitrogen and oxygen atoms in total. The molecule has 0 heterocycles. The van der Waals surface area contributed by atoms with Gasteiger partial charge >= 0.3 is 0 Å². The van der Waals surface area contributed by atoms with Crippen LogP contribution in [0.15, 0.2) is 0 Å². The van der Waals surface area contributed by atoms with E-state index in [1.165, 1.54) is 103 Å². The molecule has 0 amide bonds. The van der Waals surface area contributed by atoms with Crippen molar-refractivity contribution >= 4 is 0 Å². The Morgan fingerprint density at radius 1 is 0.476 bits per heavy atom. The average molecular weight is 297 g/mol. The maximum absolute atomic E-state index is 2.47. The Bertz CT molecular complexity index is 190. The van der Waals surface area contributed by atoms with Crippen molar-refractivity contribution in [2.24, 2.45) is 5.41 Å². The van der Waals surface area contributed by atoms with Crippen molar-refractivity contribution in [1.29, 1.82) is 0 Å². The van der Waals surface area contributed by atoms with E-state index in [0.29, 0.717) is 5.41 Å². The summed E-state index contributed by atoms with van der Waals surface area (Å²) in [6, 6.07) is 0. The third-order valence-electron chi connectivity index (χ3n) is 5.59. The highest BCUT2D eigenvalue weighted by molar-refractivity contribution is 4.70. The van der Waals surface area contributed by atoms with Crippen LogP contribution in [0.5, 0.6) is 0 Å². The van der Waals surface area contributed by atoms with Crippen LogP contribution in [0.3, 0.4) is 0 Å². The fraction of sp³-hybridized carbons (Fsp3) is 1.00. The van der Waals surface area contributed by atoms with Gasteiger partial charge in [0.15, 0.2) is 0 Å². The van der Waals surface area contributed by atoms with Gasteiger partial charge in [-0.3, -0.25) is 0 Å². The molecule has 0 aliphatic carbocycles. The van der Waals surface area contributed by atoms with Crippen molar-refractivity contribution in [3.05, 3.63) is 0 Å². The highest BCUT2D eigenvalue weighted by Crippen LogP contribution is 2.31. The highest BCUT2D eigenvalue weighted by Gasteiger charge is 2.18. The molecule has 0 aromatic carbocycles. The average Bonchev–Trinajstić information content (AvgIpc) is 2.51. The molecule has 0 unspecified atom stereocenters. The summed E-state index contributed by atoms with van der Waals surface area (Å²) in [4.78, 5) is 0. The van der Waals surface area contributed by atoms with Crippen molar-refractivity contribution in [3.8, 4) is 0 Å². The maximum atomic E-state index is 2.47. The second-order valence-corrected chi connectivity index (χ2v) is 7.51. The normalized spacial score (nSPS) is 12.0. The summed E-state index contributed by atoms with van der Waals surface area (Å²) in [6.45, 7) is 9.47. The van der Waals surface area contributed by atoms with Crippen LogP contribution < -0.4 is 0 Å². The minimum atomic E-state index is 0.623. The molecule has 0 rings (SSSR count). The Hall–Kier alpha value is 0. The van der Waals surface area contributed by atoms with Crippen LogP contribution >= 0.6 is 0 Å². The maximum Gasteiger partial charge on any atom is -0.0331 e. The third kappa shape index (κ3) is 13.4. The van der Waals surface area contributed by atoms with Crippen molar-refractivity contribution in [2.45, 2.75) is 130 Å². The van der Waals surface area contributed by atoms with Crippen LogP contribution in [-0.4, -0.2) is 0 Å².